The van der Waals surface area contributed by atoms with Crippen LogP contribution >= 0.6 is 8.46 Å². The van der Waals surface area contributed by atoms with Gasteiger partial charge < -0.3 is 14.0 Å². The highest BCUT2D eigenvalue weighted by atomic mass is 31.1. The third-order valence-electron chi connectivity index (χ3n) is 2.81. The zero-order valence-electron chi connectivity index (χ0n) is 12.1. The average Bonchev–Trinajstić information content (AvgIpc) is 2.52. The molecule has 1 aromatic carbocycles. The van der Waals surface area contributed by atoms with Crippen LogP contribution in [0.5, 0.6) is 11.5 Å². The average molecular weight is 307 g/mol. The lowest BCUT2D eigenvalue weighted by Crippen LogP contribution is -2.04. The number of benzene rings is 1. The molecule has 0 N–H and O–H groups in total. The van der Waals surface area contributed by atoms with Crippen molar-refractivity contribution in [2.24, 2.45) is 0 Å². The van der Waals surface area contributed by atoms with Gasteiger partial charge >= 0.3 is 0 Å². The van der Waals surface area contributed by atoms with Crippen LogP contribution in [0.15, 0.2) is 24.8 Å². The van der Waals surface area contributed by atoms with Gasteiger partial charge in [0.15, 0.2) is 17.3 Å². The SMILES string of the molecule is CCOc1c(C[PH2]=O)ccc(-c2ncncn2)c1OCC. The van der Waals surface area contributed by atoms with Crippen LogP contribution in [-0.2, 0) is 10.7 Å². The highest BCUT2D eigenvalue weighted by Crippen LogP contribution is 2.40. The Morgan fingerprint density at radius 1 is 1.05 bits per heavy atom. The molecule has 0 saturated heterocycles. The first-order valence-electron chi connectivity index (χ1n) is 6.79. The minimum atomic E-state index is -0.892. The first-order valence-corrected chi connectivity index (χ1v) is 8.08. The largest absolute Gasteiger partial charge is 0.490 e. The van der Waals surface area contributed by atoms with Gasteiger partial charge in [-0.3, -0.25) is 0 Å². The molecule has 0 saturated carbocycles. The molecule has 1 atom stereocenters. The summed E-state index contributed by atoms with van der Waals surface area (Å²) in [6, 6.07) is 3.75. The molecule has 0 aliphatic rings. The number of ether oxygens (including phenoxy) is 2. The summed E-state index contributed by atoms with van der Waals surface area (Å²) >= 11 is 0. The van der Waals surface area contributed by atoms with Crippen molar-refractivity contribution in [2.75, 3.05) is 13.2 Å². The van der Waals surface area contributed by atoms with Gasteiger partial charge in [-0.05, 0) is 19.9 Å². The van der Waals surface area contributed by atoms with Crippen LogP contribution in [0.2, 0.25) is 0 Å². The molecule has 21 heavy (non-hydrogen) atoms. The quantitative estimate of drug-likeness (QED) is 0.732. The third kappa shape index (κ3) is 3.58. The van der Waals surface area contributed by atoms with Crippen molar-refractivity contribution in [1.82, 2.24) is 15.0 Å². The van der Waals surface area contributed by atoms with Crippen molar-refractivity contribution in [3.8, 4) is 22.9 Å². The van der Waals surface area contributed by atoms with Crippen molar-refractivity contribution >= 4 is 8.46 Å². The van der Waals surface area contributed by atoms with Crippen molar-refractivity contribution in [3.63, 3.8) is 0 Å². The first-order chi connectivity index (χ1) is 10.3. The first kappa shape index (κ1) is 15.4. The fraction of sp³-hybridized carbons (Fsp3) is 0.357. The lowest BCUT2D eigenvalue weighted by atomic mass is 10.1. The minimum absolute atomic E-state index is 0.479. The van der Waals surface area contributed by atoms with Crippen LogP contribution in [0.4, 0.5) is 0 Å². The van der Waals surface area contributed by atoms with Gasteiger partial charge in [0.2, 0.25) is 0 Å². The second-order valence-corrected chi connectivity index (χ2v) is 4.87. The van der Waals surface area contributed by atoms with Crippen LogP contribution < -0.4 is 9.47 Å². The van der Waals surface area contributed by atoms with Crippen LogP contribution in [-0.4, -0.2) is 28.2 Å². The summed E-state index contributed by atoms with van der Waals surface area (Å²) in [5.74, 6) is 1.74. The van der Waals surface area contributed by atoms with E-state index in [1.54, 1.807) is 0 Å². The topological polar surface area (TPSA) is 74.2 Å². The Kier molecular flexibility index (Phi) is 5.69. The molecule has 1 aromatic heterocycles. The van der Waals surface area contributed by atoms with E-state index in [2.05, 4.69) is 15.0 Å². The third-order valence-corrected chi connectivity index (χ3v) is 3.42. The molecule has 0 spiro atoms. The highest BCUT2D eigenvalue weighted by Gasteiger charge is 2.18. The molecule has 0 bridgehead atoms. The van der Waals surface area contributed by atoms with Crippen LogP contribution in [0.25, 0.3) is 11.4 Å². The van der Waals surface area contributed by atoms with Crippen LogP contribution in [0, 0.1) is 0 Å². The van der Waals surface area contributed by atoms with E-state index in [4.69, 9.17) is 9.47 Å². The molecule has 0 amide bonds. The van der Waals surface area contributed by atoms with E-state index >= 15 is 0 Å². The summed E-state index contributed by atoms with van der Waals surface area (Å²) in [4.78, 5) is 12.1. The zero-order chi connectivity index (χ0) is 15.1. The Hall–Kier alpha value is -1.94. The van der Waals surface area contributed by atoms with E-state index in [1.807, 2.05) is 26.0 Å². The second kappa shape index (κ2) is 7.74. The standard InChI is InChI=1S/C14H18N3O3P/c1-3-19-12-10(7-21-18)5-6-11(13(12)20-4-2)14-16-8-15-9-17-14/h5-6,8-9H,3-4,7,21H2,1-2H3. The molecule has 6 nitrogen and oxygen atoms in total. The fourth-order valence-corrected chi connectivity index (χ4v) is 2.50. The molecule has 7 heteroatoms. The van der Waals surface area contributed by atoms with Gasteiger partial charge in [-0.25, -0.2) is 15.0 Å². The molecule has 112 valence electrons. The Morgan fingerprint density at radius 2 is 1.71 bits per heavy atom. The lowest BCUT2D eigenvalue weighted by Gasteiger charge is -2.17. The van der Waals surface area contributed by atoms with E-state index in [0.717, 1.165) is 11.1 Å². The lowest BCUT2D eigenvalue weighted by molar-refractivity contribution is 0.287. The normalized spacial score (nSPS) is 11.0. The monoisotopic (exact) mass is 307 g/mol. The molecule has 0 aliphatic heterocycles. The predicted molar refractivity (Wildman–Crippen MR) is 81.7 cm³/mol. The van der Waals surface area contributed by atoms with Gasteiger partial charge in [-0.2, -0.15) is 0 Å². The van der Waals surface area contributed by atoms with Gasteiger partial charge in [0.25, 0.3) is 0 Å². The van der Waals surface area contributed by atoms with E-state index in [0.29, 0.717) is 36.7 Å². The minimum Gasteiger partial charge on any atom is -0.490 e. The molecule has 2 aromatic rings. The number of hydrogen-bond donors (Lipinski definition) is 0. The molecule has 0 radical (unpaired) electrons. The Balaban J connectivity index is 2.59. The van der Waals surface area contributed by atoms with Gasteiger partial charge in [0.1, 0.15) is 12.7 Å². The number of rotatable bonds is 7. The van der Waals surface area contributed by atoms with Crippen molar-refractivity contribution in [1.29, 1.82) is 0 Å². The molecule has 0 fully saturated rings. The number of aromatic nitrogens is 3. The summed E-state index contributed by atoms with van der Waals surface area (Å²) in [5.41, 5.74) is 1.62. The Morgan fingerprint density at radius 3 is 2.33 bits per heavy atom. The van der Waals surface area contributed by atoms with Crippen LogP contribution in [0.3, 0.4) is 0 Å². The Bertz CT molecular complexity index is 608. The van der Waals surface area contributed by atoms with Crippen molar-refractivity contribution < 1.29 is 14.0 Å². The maximum atomic E-state index is 11.0. The van der Waals surface area contributed by atoms with Crippen molar-refractivity contribution in [2.45, 2.75) is 20.0 Å². The van der Waals surface area contributed by atoms with E-state index in [9.17, 15) is 4.57 Å². The molecule has 2 rings (SSSR count). The summed E-state index contributed by atoms with van der Waals surface area (Å²) in [6.07, 6.45) is 3.36. The molecular formula is C14H18N3O3P. The van der Waals surface area contributed by atoms with Crippen LogP contribution in [0.1, 0.15) is 19.4 Å². The molecule has 1 heterocycles. The zero-order valence-corrected chi connectivity index (χ0v) is 13.2. The smallest absolute Gasteiger partial charge is 0.172 e. The fourth-order valence-electron chi connectivity index (χ4n) is 2.00. The van der Waals surface area contributed by atoms with E-state index in [1.165, 1.54) is 12.7 Å². The predicted octanol–water partition coefficient (Wildman–Crippen LogP) is 2.59. The summed E-state index contributed by atoms with van der Waals surface area (Å²) in [5, 5.41) is 0. The number of nitrogens with zero attached hydrogens (tertiary/aromatic N) is 3. The second-order valence-electron chi connectivity index (χ2n) is 4.13. The summed E-state index contributed by atoms with van der Waals surface area (Å²) < 4.78 is 22.5. The van der Waals surface area contributed by atoms with E-state index in [-0.39, 0.29) is 0 Å². The van der Waals surface area contributed by atoms with Crippen molar-refractivity contribution in [3.05, 3.63) is 30.4 Å². The molecular weight excluding hydrogens is 289 g/mol. The summed E-state index contributed by atoms with van der Waals surface area (Å²) in [7, 11) is -0.892. The molecule has 0 aliphatic carbocycles. The van der Waals surface area contributed by atoms with E-state index < -0.39 is 8.46 Å². The Labute approximate surface area is 124 Å². The van der Waals surface area contributed by atoms with Gasteiger partial charge in [-0.15, -0.1) is 0 Å². The maximum absolute atomic E-state index is 11.0. The van der Waals surface area contributed by atoms with Gasteiger partial charge in [0.05, 0.1) is 27.2 Å². The van der Waals surface area contributed by atoms with Gasteiger partial charge in [0, 0.05) is 11.7 Å². The highest BCUT2D eigenvalue weighted by molar-refractivity contribution is 7.22. The summed E-state index contributed by atoms with van der Waals surface area (Å²) in [6.45, 7) is 4.80. The van der Waals surface area contributed by atoms with Gasteiger partial charge in [-0.1, -0.05) is 6.07 Å². The molecule has 1 unspecified atom stereocenters. The maximum Gasteiger partial charge on any atom is 0.172 e. The number of hydrogen-bond acceptors (Lipinski definition) is 6.